The van der Waals surface area contributed by atoms with Gasteiger partial charge in [0.05, 0.1) is 0 Å². The Morgan fingerprint density at radius 1 is 1.46 bits per heavy atom. The smallest absolute Gasteiger partial charge is 0.382 e. The quantitative estimate of drug-likeness (QED) is 0.614. The van der Waals surface area contributed by atoms with Gasteiger partial charge in [-0.15, -0.1) is 0 Å². The number of hydrogen-bond acceptors (Lipinski definition) is 2. The van der Waals surface area contributed by atoms with Crippen molar-refractivity contribution in [2.24, 2.45) is 5.73 Å². The zero-order valence-electron chi connectivity index (χ0n) is 6.95. The van der Waals surface area contributed by atoms with Crippen LogP contribution in [0.3, 0.4) is 0 Å². The second-order valence-electron chi connectivity index (χ2n) is 2.42. The van der Waals surface area contributed by atoms with Crippen molar-refractivity contribution in [3.8, 4) is 11.8 Å². The molecule has 0 aliphatic carbocycles. The maximum absolute atomic E-state index is 10.2. The first-order chi connectivity index (χ1) is 6.24. The van der Waals surface area contributed by atoms with Gasteiger partial charge in [-0.25, -0.2) is 4.79 Å². The van der Waals surface area contributed by atoms with E-state index < -0.39 is 5.97 Å². The van der Waals surface area contributed by atoms with Crippen molar-refractivity contribution in [2.45, 2.75) is 6.54 Å². The lowest BCUT2D eigenvalue weighted by Crippen LogP contribution is -1.99. The monoisotopic (exact) mass is 175 g/mol. The molecule has 0 radical (unpaired) electrons. The molecule has 0 aliphatic rings. The second-order valence-corrected chi connectivity index (χ2v) is 2.42. The maximum atomic E-state index is 10.2. The summed E-state index contributed by atoms with van der Waals surface area (Å²) in [7, 11) is 0. The van der Waals surface area contributed by atoms with Crippen LogP contribution in [-0.2, 0) is 11.3 Å². The zero-order chi connectivity index (χ0) is 9.68. The van der Waals surface area contributed by atoms with E-state index >= 15 is 0 Å². The average molecular weight is 175 g/mol. The van der Waals surface area contributed by atoms with Crippen LogP contribution in [0.1, 0.15) is 11.1 Å². The van der Waals surface area contributed by atoms with Crippen LogP contribution in [0.2, 0.25) is 0 Å². The normalized spacial score (nSPS) is 8.69. The van der Waals surface area contributed by atoms with Gasteiger partial charge in [0, 0.05) is 18.0 Å². The lowest BCUT2D eigenvalue weighted by atomic mass is 10.1. The number of aliphatic carboxylic acids is 1. The fraction of sp³-hybridized carbons (Fsp3) is 0.100. The molecule has 0 bridgehead atoms. The molecule has 0 aliphatic heterocycles. The van der Waals surface area contributed by atoms with Crippen molar-refractivity contribution in [3.63, 3.8) is 0 Å². The highest BCUT2D eigenvalue weighted by atomic mass is 16.4. The van der Waals surface area contributed by atoms with E-state index in [0.29, 0.717) is 12.1 Å². The Hall–Kier alpha value is -1.79. The van der Waals surface area contributed by atoms with Gasteiger partial charge < -0.3 is 10.8 Å². The molecule has 3 heteroatoms. The number of hydrogen-bond donors (Lipinski definition) is 2. The van der Waals surface area contributed by atoms with Crippen molar-refractivity contribution in [1.29, 1.82) is 0 Å². The van der Waals surface area contributed by atoms with Gasteiger partial charge >= 0.3 is 5.97 Å². The molecule has 0 atom stereocenters. The van der Waals surface area contributed by atoms with Gasteiger partial charge in [-0.3, -0.25) is 0 Å². The fourth-order valence-electron chi connectivity index (χ4n) is 0.941. The van der Waals surface area contributed by atoms with E-state index in [2.05, 4.69) is 5.92 Å². The number of nitrogens with two attached hydrogens (primary N) is 1. The topological polar surface area (TPSA) is 63.3 Å². The molecule has 0 amide bonds. The first-order valence-electron chi connectivity index (χ1n) is 3.77. The van der Waals surface area contributed by atoms with Crippen molar-refractivity contribution in [1.82, 2.24) is 0 Å². The van der Waals surface area contributed by atoms with Gasteiger partial charge in [0.2, 0.25) is 0 Å². The van der Waals surface area contributed by atoms with Gasteiger partial charge in [-0.05, 0) is 11.6 Å². The summed E-state index contributed by atoms with van der Waals surface area (Å²) in [5.74, 6) is 3.45. The number of benzene rings is 1. The average Bonchev–Trinajstić information content (AvgIpc) is 2.15. The number of carboxylic acids is 1. The highest BCUT2D eigenvalue weighted by Gasteiger charge is 1.95. The molecule has 13 heavy (non-hydrogen) atoms. The summed E-state index contributed by atoms with van der Waals surface area (Å²) in [6.07, 6.45) is 0. The summed E-state index contributed by atoms with van der Waals surface area (Å²) < 4.78 is 0. The third-order valence-electron chi connectivity index (χ3n) is 1.54. The first-order valence-corrected chi connectivity index (χ1v) is 3.77. The van der Waals surface area contributed by atoms with E-state index in [1.165, 1.54) is 0 Å². The Kier molecular flexibility index (Phi) is 3.07. The molecule has 0 fully saturated rings. The molecule has 66 valence electrons. The summed E-state index contributed by atoms with van der Waals surface area (Å²) in [4.78, 5) is 10.2. The van der Waals surface area contributed by atoms with Crippen molar-refractivity contribution >= 4 is 5.97 Å². The lowest BCUT2D eigenvalue weighted by Gasteiger charge is -1.98. The standard InChI is InChI=1S/C10H9NO2/c11-7-9-4-2-1-3-8(9)5-6-10(12)13/h1-4H,7,11H2,(H,12,13). The van der Waals surface area contributed by atoms with Crippen molar-refractivity contribution in [3.05, 3.63) is 35.4 Å². The maximum Gasteiger partial charge on any atom is 0.382 e. The Labute approximate surface area is 76.2 Å². The SMILES string of the molecule is NCc1ccccc1C#CC(=O)O. The van der Waals surface area contributed by atoms with Crippen LogP contribution in [0.5, 0.6) is 0 Å². The van der Waals surface area contributed by atoms with Crippen LogP contribution in [0.25, 0.3) is 0 Å². The van der Waals surface area contributed by atoms with Gasteiger partial charge in [-0.1, -0.05) is 24.1 Å². The van der Waals surface area contributed by atoms with Gasteiger partial charge in [0.15, 0.2) is 0 Å². The summed E-state index contributed by atoms with van der Waals surface area (Å²) in [6.45, 7) is 0.366. The van der Waals surface area contributed by atoms with Gasteiger partial charge in [-0.2, -0.15) is 0 Å². The minimum atomic E-state index is -1.13. The van der Waals surface area contributed by atoms with E-state index in [0.717, 1.165) is 5.56 Å². The minimum Gasteiger partial charge on any atom is -0.472 e. The van der Waals surface area contributed by atoms with E-state index in [9.17, 15) is 4.79 Å². The number of rotatable bonds is 1. The third-order valence-corrected chi connectivity index (χ3v) is 1.54. The lowest BCUT2D eigenvalue weighted by molar-refractivity contribution is -0.130. The van der Waals surface area contributed by atoms with Crippen LogP contribution in [0.4, 0.5) is 0 Å². The molecule has 0 spiro atoms. The van der Waals surface area contributed by atoms with E-state index in [4.69, 9.17) is 10.8 Å². The van der Waals surface area contributed by atoms with Gasteiger partial charge in [0.1, 0.15) is 0 Å². The molecule has 3 nitrogen and oxygen atoms in total. The Morgan fingerprint density at radius 3 is 2.77 bits per heavy atom. The molecule has 0 aromatic heterocycles. The largest absolute Gasteiger partial charge is 0.472 e. The Bertz CT molecular complexity index is 374. The number of carbonyl (C=O) groups is 1. The summed E-state index contributed by atoms with van der Waals surface area (Å²) >= 11 is 0. The van der Waals surface area contributed by atoms with E-state index in [-0.39, 0.29) is 0 Å². The Morgan fingerprint density at radius 2 is 2.15 bits per heavy atom. The molecule has 0 saturated heterocycles. The predicted molar refractivity (Wildman–Crippen MR) is 48.8 cm³/mol. The first kappa shape index (κ1) is 9.30. The predicted octanol–water partition coefficient (Wildman–Crippen LogP) is 0.581. The van der Waals surface area contributed by atoms with Crippen LogP contribution in [-0.4, -0.2) is 11.1 Å². The molecular weight excluding hydrogens is 166 g/mol. The summed E-state index contributed by atoms with van der Waals surface area (Å²) in [6, 6.07) is 7.21. The van der Waals surface area contributed by atoms with E-state index in [1.54, 1.807) is 12.1 Å². The molecule has 1 aromatic rings. The van der Waals surface area contributed by atoms with Crippen LogP contribution in [0, 0.1) is 11.8 Å². The van der Waals surface area contributed by atoms with Crippen LogP contribution < -0.4 is 5.73 Å². The van der Waals surface area contributed by atoms with Crippen molar-refractivity contribution < 1.29 is 9.90 Å². The summed E-state index contributed by atoms with van der Waals surface area (Å²) in [5.41, 5.74) is 6.97. The van der Waals surface area contributed by atoms with E-state index in [1.807, 2.05) is 18.1 Å². The molecule has 1 aromatic carbocycles. The van der Waals surface area contributed by atoms with Gasteiger partial charge in [0.25, 0.3) is 0 Å². The third kappa shape index (κ3) is 2.62. The molecule has 0 unspecified atom stereocenters. The fourth-order valence-corrected chi connectivity index (χ4v) is 0.941. The number of carboxylic acid groups (broad SMARTS) is 1. The molecule has 0 saturated carbocycles. The zero-order valence-corrected chi connectivity index (χ0v) is 6.95. The summed E-state index contributed by atoms with van der Waals surface area (Å²) in [5, 5.41) is 8.33. The molecule has 1 rings (SSSR count). The Balaban J connectivity index is 3.02. The highest BCUT2D eigenvalue weighted by molar-refractivity contribution is 5.87. The highest BCUT2D eigenvalue weighted by Crippen LogP contribution is 2.05. The van der Waals surface area contributed by atoms with Crippen LogP contribution >= 0.6 is 0 Å². The molecular formula is C10H9NO2. The minimum absolute atomic E-state index is 0.366. The molecule has 3 N–H and O–H groups in total. The van der Waals surface area contributed by atoms with Crippen LogP contribution in [0.15, 0.2) is 24.3 Å². The second kappa shape index (κ2) is 4.29. The molecule has 0 heterocycles. The van der Waals surface area contributed by atoms with Crippen molar-refractivity contribution in [2.75, 3.05) is 0 Å².